The van der Waals surface area contributed by atoms with Gasteiger partial charge in [0.1, 0.15) is 11.6 Å². The first-order valence-electron chi connectivity index (χ1n) is 6.18. The standard InChI is InChI=1S/C12H19N3O2S/c1-8(2)12-13-9(3)6-11(15-12)14-10-4-5-18(16,17)7-10/h6,8,10H,4-5,7H2,1-3H3,(H,13,14,15). The van der Waals surface area contributed by atoms with E-state index in [0.29, 0.717) is 6.42 Å². The summed E-state index contributed by atoms with van der Waals surface area (Å²) < 4.78 is 22.8. The topological polar surface area (TPSA) is 72.0 Å². The third kappa shape index (κ3) is 3.19. The largest absolute Gasteiger partial charge is 0.366 e. The van der Waals surface area contributed by atoms with Crippen molar-refractivity contribution < 1.29 is 8.42 Å². The highest BCUT2D eigenvalue weighted by Crippen LogP contribution is 2.18. The van der Waals surface area contributed by atoms with Gasteiger partial charge >= 0.3 is 0 Å². The van der Waals surface area contributed by atoms with E-state index >= 15 is 0 Å². The maximum atomic E-state index is 11.4. The summed E-state index contributed by atoms with van der Waals surface area (Å²) in [6.07, 6.45) is 0.655. The molecule has 2 heterocycles. The first kappa shape index (κ1) is 13.3. The molecular weight excluding hydrogens is 250 g/mol. The van der Waals surface area contributed by atoms with Gasteiger partial charge in [0.05, 0.1) is 11.5 Å². The summed E-state index contributed by atoms with van der Waals surface area (Å²) in [6.45, 7) is 6.00. The number of nitrogens with zero attached hydrogens (tertiary/aromatic N) is 2. The molecule has 0 radical (unpaired) electrons. The average molecular weight is 269 g/mol. The molecule has 18 heavy (non-hydrogen) atoms. The Hall–Kier alpha value is -1.17. The summed E-state index contributed by atoms with van der Waals surface area (Å²) in [6, 6.07) is 1.83. The van der Waals surface area contributed by atoms with Crippen molar-refractivity contribution in [3.63, 3.8) is 0 Å². The minimum absolute atomic E-state index is 0.0238. The Morgan fingerprint density at radius 3 is 2.67 bits per heavy atom. The smallest absolute Gasteiger partial charge is 0.152 e. The van der Waals surface area contributed by atoms with E-state index in [1.165, 1.54) is 0 Å². The van der Waals surface area contributed by atoms with Crippen LogP contribution in [0, 0.1) is 6.92 Å². The fraction of sp³-hybridized carbons (Fsp3) is 0.667. The molecule has 0 amide bonds. The lowest BCUT2D eigenvalue weighted by atomic mass is 10.2. The van der Waals surface area contributed by atoms with Crippen molar-refractivity contribution in [2.75, 3.05) is 16.8 Å². The number of rotatable bonds is 3. The van der Waals surface area contributed by atoms with Gasteiger partial charge in [0.25, 0.3) is 0 Å². The Labute approximate surface area is 108 Å². The van der Waals surface area contributed by atoms with Crippen molar-refractivity contribution in [2.24, 2.45) is 0 Å². The van der Waals surface area contributed by atoms with Gasteiger partial charge in [-0.05, 0) is 13.3 Å². The number of nitrogens with one attached hydrogen (secondary N) is 1. The molecule has 1 aromatic heterocycles. The first-order valence-corrected chi connectivity index (χ1v) is 8.00. The van der Waals surface area contributed by atoms with Crippen molar-refractivity contribution in [3.8, 4) is 0 Å². The second kappa shape index (κ2) is 4.84. The Morgan fingerprint density at radius 1 is 1.39 bits per heavy atom. The number of hydrogen-bond acceptors (Lipinski definition) is 5. The molecule has 1 aliphatic rings. The van der Waals surface area contributed by atoms with Crippen LogP contribution >= 0.6 is 0 Å². The molecule has 1 atom stereocenters. The fourth-order valence-corrected chi connectivity index (χ4v) is 3.71. The highest BCUT2D eigenvalue weighted by atomic mass is 32.2. The average Bonchev–Trinajstić information content (AvgIpc) is 2.57. The highest BCUT2D eigenvalue weighted by molar-refractivity contribution is 7.91. The van der Waals surface area contributed by atoms with E-state index in [4.69, 9.17) is 0 Å². The molecule has 0 bridgehead atoms. The van der Waals surface area contributed by atoms with Crippen molar-refractivity contribution in [2.45, 2.75) is 39.2 Å². The Balaban J connectivity index is 2.15. The quantitative estimate of drug-likeness (QED) is 0.900. The fourth-order valence-electron chi connectivity index (χ4n) is 2.04. The monoisotopic (exact) mass is 269 g/mol. The molecule has 0 saturated carbocycles. The van der Waals surface area contributed by atoms with Gasteiger partial charge in [0.2, 0.25) is 0 Å². The van der Waals surface area contributed by atoms with Crippen molar-refractivity contribution >= 4 is 15.7 Å². The number of aromatic nitrogens is 2. The van der Waals surface area contributed by atoms with E-state index in [2.05, 4.69) is 15.3 Å². The minimum atomic E-state index is -2.86. The highest BCUT2D eigenvalue weighted by Gasteiger charge is 2.28. The molecule has 0 spiro atoms. The lowest BCUT2D eigenvalue weighted by Crippen LogP contribution is -2.21. The normalized spacial score (nSPS) is 22.3. The van der Waals surface area contributed by atoms with Crippen molar-refractivity contribution in [3.05, 3.63) is 17.6 Å². The van der Waals surface area contributed by atoms with Crippen molar-refractivity contribution in [1.82, 2.24) is 9.97 Å². The van der Waals surface area contributed by atoms with Gasteiger partial charge in [-0.2, -0.15) is 0 Å². The second-order valence-corrected chi connectivity index (χ2v) is 7.38. The van der Waals surface area contributed by atoms with Crippen LogP contribution in [0.15, 0.2) is 6.07 Å². The zero-order valence-electron chi connectivity index (χ0n) is 11.0. The molecule has 1 fully saturated rings. The summed E-state index contributed by atoms with van der Waals surface area (Å²) in [4.78, 5) is 8.79. The molecule has 5 nitrogen and oxygen atoms in total. The summed E-state index contributed by atoms with van der Waals surface area (Å²) in [7, 11) is -2.86. The number of hydrogen-bond donors (Lipinski definition) is 1. The molecule has 0 aliphatic carbocycles. The van der Waals surface area contributed by atoms with E-state index in [1.807, 2.05) is 26.8 Å². The second-order valence-electron chi connectivity index (χ2n) is 5.15. The molecule has 1 aromatic rings. The van der Waals surface area contributed by atoms with Gasteiger partial charge in [-0.25, -0.2) is 18.4 Å². The number of aryl methyl sites for hydroxylation is 1. The van der Waals surface area contributed by atoms with Gasteiger partial charge in [-0.3, -0.25) is 0 Å². The molecule has 2 rings (SSSR count). The lowest BCUT2D eigenvalue weighted by Gasteiger charge is -2.14. The lowest BCUT2D eigenvalue weighted by molar-refractivity contribution is 0.602. The van der Waals surface area contributed by atoms with Crippen LogP contribution in [-0.4, -0.2) is 35.9 Å². The van der Waals surface area contributed by atoms with E-state index in [-0.39, 0.29) is 23.5 Å². The maximum absolute atomic E-state index is 11.4. The number of sulfone groups is 1. The molecule has 1 aliphatic heterocycles. The van der Waals surface area contributed by atoms with Crippen LogP contribution in [0.2, 0.25) is 0 Å². The first-order chi connectivity index (χ1) is 8.35. The predicted molar refractivity (Wildman–Crippen MR) is 71.5 cm³/mol. The molecule has 1 N–H and O–H groups in total. The third-order valence-corrected chi connectivity index (χ3v) is 4.74. The Morgan fingerprint density at radius 2 is 2.11 bits per heavy atom. The summed E-state index contributed by atoms with van der Waals surface area (Å²) >= 11 is 0. The molecule has 100 valence electrons. The predicted octanol–water partition coefficient (Wildman–Crippen LogP) is 1.51. The van der Waals surface area contributed by atoms with Crippen LogP contribution in [0.25, 0.3) is 0 Å². The van der Waals surface area contributed by atoms with E-state index < -0.39 is 9.84 Å². The minimum Gasteiger partial charge on any atom is -0.366 e. The van der Waals surface area contributed by atoms with Crippen LogP contribution in [0.1, 0.15) is 37.7 Å². The van der Waals surface area contributed by atoms with E-state index in [1.54, 1.807) is 0 Å². The maximum Gasteiger partial charge on any atom is 0.152 e. The van der Waals surface area contributed by atoms with Crippen LogP contribution in [-0.2, 0) is 9.84 Å². The van der Waals surface area contributed by atoms with Crippen molar-refractivity contribution in [1.29, 1.82) is 0 Å². The number of anilines is 1. The SMILES string of the molecule is Cc1cc(NC2CCS(=O)(=O)C2)nc(C(C)C)n1. The molecule has 0 aromatic carbocycles. The van der Waals surface area contributed by atoms with Crippen LogP contribution in [0.4, 0.5) is 5.82 Å². The van der Waals surface area contributed by atoms with Crippen LogP contribution in [0.5, 0.6) is 0 Å². The summed E-state index contributed by atoms with van der Waals surface area (Å²) in [5.41, 5.74) is 0.900. The molecule has 1 unspecified atom stereocenters. The van der Waals surface area contributed by atoms with E-state index in [0.717, 1.165) is 17.3 Å². The van der Waals surface area contributed by atoms with Crippen LogP contribution < -0.4 is 5.32 Å². The van der Waals surface area contributed by atoms with Gasteiger partial charge < -0.3 is 5.32 Å². The summed E-state index contributed by atoms with van der Waals surface area (Å²) in [5, 5.41) is 3.20. The van der Waals surface area contributed by atoms with Gasteiger partial charge in [-0.1, -0.05) is 13.8 Å². The van der Waals surface area contributed by atoms with E-state index in [9.17, 15) is 8.42 Å². The third-order valence-electron chi connectivity index (χ3n) is 2.97. The van der Waals surface area contributed by atoms with Crippen LogP contribution in [0.3, 0.4) is 0 Å². The van der Waals surface area contributed by atoms with Gasteiger partial charge in [-0.15, -0.1) is 0 Å². The Kier molecular flexibility index (Phi) is 3.56. The molecule has 6 heteroatoms. The zero-order valence-corrected chi connectivity index (χ0v) is 11.8. The summed E-state index contributed by atoms with van der Waals surface area (Å²) in [5.74, 6) is 2.25. The van der Waals surface area contributed by atoms with Gasteiger partial charge in [0, 0.05) is 23.7 Å². The zero-order chi connectivity index (χ0) is 13.3. The Bertz CT molecular complexity index is 540. The molecule has 1 saturated heterocycles. The van der Waals surface area contributed by atoms with Gasteiger partial charge in [0.15, 0.2) is 9.84 Å². The molecular formula is C12H19N3O2S.